The van der Waals surface area contributed by atoms with Crippen LogP contribution in [0.2, 0.25) is 0 Å². The van der Waals surface area contributed by atoms with Gasteiger partial charge in [0.15, 0.2) is 5.96 Å². The van der Waals surface area contributed by atoms with E-state index >= 15 is 0 Å². The van der Waals surface area contributed by atoms with Crippen molar-refractivity contribution in [3.8, 4) is 0 Å². The molecule has 2 rings (SSSR count). The minimum Gasteiger partial charge on any atom is -0.381 e. The molecule has 28 heavy (non-hydrogen) atoms. The summed E-state index contributed by atoms with van der Waals surface area (Å²) in [5.74, 6) is 1.48. The quantitative estimate of drug-likeness (QED) is 0.342. The van der Waals surface area contributed by atoms with E-state index in [0.717, 1.165) is 89.8 Å². The van der Waals surface area contributed by atoms with Gasteiger partial charge in [0.25, 0.3) is 5.56 Å². The third kappa shape index (κ3) is 8.44. The highest BCUT2D eigenvalue weighted by molar-refractivity contribution is 5.79. The lowest BCUT2D eigenvalue weighted by molar-refractivity contribution is 0.0203. The van der Waals surface area contributed by atoms with Crippen LogP contribution in [0, 0.1) is 12.8 Å². The summed E-state index contributed by atoms with van der Waals surface area (Å²) in [6.45, 7) is 7.76. The molecule has 0 atom stereocenters. The minimum absolute atomic E-state index is 0.0736. The van der Waals surface area contributed by atoms with Gasteiger partial charge in [0, 0.05) is 64.9 Å². The number of aryl methyl sites for hydroxylation is 1. The maximum Gasteiger partial charge on any atom is 0.250 e. The highest BCUT2D eigenvalue weighted by Crippen LogP contribution is 2.14. The molecule has 1 saturated heterocycles. The predicted octanol–water partition coefficient (Wildman–Crippen LogP) is 1.94. The number of rotatable bonds is 11. The van der Waals surface area contributed by atoms with Crippen molar-refractivity contribution >= 4 is 5.96 Å². The zero-order chi connectivity index (χ0) is 20.0. The molecule has 158 valence electrons. The summed E-state index contributed by atoms with van der Waals surface area (Å²) in [5, 5.41) is 6.64. The van der Waals surface area contributed by atoms with Crippen LogP contribution in [0.5, 0.6) is 0 Å². The van der Waals surface area contributed by atoms with Crippen molar-refractivity contribution in [2.24, 2.45) is 10.9 Å². The average molecular weight is 393 g/mol. The molecule has 0 bridgehead atoms. The molecule has 0 radical (unpaired) electrons. The Morgan fingerprint density at radius 3 is 2.68 bits per heavy atom. The Morgan fingerprint density at radius 1 is 1.21 bits per heavy atom. The normalized spacial score (nSPS) is 15.6. The first-order chi connectivity index (χ1) is 13.7. The molecule has 0 unspecified atom stereocenters. The third-order valence-electron chi connectivity index (χ3n) is 5.04. The van der Waals surface area contributed by atoms with E-state index in [-0.39, 0.29) is 5.56 Å². The highest BCUT2D eigenvalue weighted by atomic mass is 16.5. The van der Waals surface area contributed by atoms with Gasteiger partial charge in [-0.05, 0) is 51.0 Å². The Morgan fingerprint density at radius 2 is 1.96 bits per heavy atom. The molecule has 1 aromatic rings. The van der Waals surface area contributed by atoms with Crippen molar-refractivity contribution < 1.29 is 9.47 Å². The Hall–Kier alpha value is -1.86. The summed E-state index contributed by atoms with van der Waals surface area (Å²) >= 11 is 0. The van der Waals surface area contributed by atoms with Gasteiger partial charge in [-0.2, -0.15) is 0 Å². The van der Waals surface area contributed by atoms with Gasteiger partial charge in [-0.25, -0.2) is 0 Å². The fraction of sp³-hybridized carbons (Fsp3) is 0.714. The molecule has 2 N–H and O–H groups in total. The van der Waals surface area contributed by atoms with Crippen LogP contribution in [0.1, 0.15) is 37.8 Å². The van der Waals surface area contributed by atoms with Crippen LogP contribution in [-0.4, -0.2) is 57.1 Å². The van der Waals surface area contributed by atoms with E-state index in [2.05, 4.69) is 15.6 Å². The number of hydrogen-bond donors (Lipinski definition) is 2. The van der Waals surface area contributed by atoms with Gasteiger partial charge in [0.05, 0.1) is 0 Å². The van der Waals surface area contributed by atoms with Gasteiger partial charge in [-0.3, -0.25) is 9.79 Å². The molecule has 7 heteroatoms. The summed E-state index contributed by atoms with van der Waals surface area (Å²) in [6.07, 6.45) is 5.13. The van der Waals surface area contributed by atoms with Crippen LogP contribution in [0.3, 0.4) is 0 Å². The molecule has 7 nitrogen and oxygen atoms in total. The standard InChI is InChI=1S/C21H36N4O3/c1-18-7-5-8-20(26)25(18)13-4-3-11-23-21(22-2)24-12-6-14-28-17-19-9-15-27-16-10-19/h5,7-8,19H,3-4,6,9-17H2,1-2H3,(H2,22,23,24). The smallest absolute Gasteiger partial charge is 0.250 e. The monoisotopic (exact) mass is 392 g/mol. The molecule has 1 fully saturated rings. The Balaban J connectivity index is 1.49. The molecular weight excluding hydrogens is 356 g/mol. The second kappa shape index (κ2) is 13.3. The van der Waals surface area contributed by atoms with Gasteiger partial charge >= 0.3 is 0 Å². The fourth-order valence-corrected chi connectivity index (χ4v) is 3.28. The molecule has 0 saturated carbocycles. The number of ether oxygens (including phenoxy) is 2. The molecule has 0 spiro atoms. The molecule has 0 amide bonds. The van der Waals surface area contributed by atoms with Crippen LogP contribution < -0.4 is 16.2 Å². The first-order valence-electron chi connectivity index (χ1n) is 10.5. The van der Waals surface area contributed by atoms with Crippen LogP contribution in [0.15, 0.2) is 28.0 Å². The van der Waals surface area contributed by atoms with Gasteiger partial charge in [-0.15, -0.1) is 0 Å². The largest absolute Gasteiger partial charge is 0.381 e. The van der Waals surface area contributed by atoms with Crippen molar-refractivity contribution in [3.63, 3.8) is 0 Å². The number of aromatic nitrogens is 1. The maximum absolute atomic E-state index is 11.8. The lowest BCUT2D eigenvalue weighted by atomic mass is 10.0. The number of aliphatic imine (C=N–C) groups is 1. The lowest BCUT2D eigenvalue weighted by Gasteiger charge is -2.21. The van der Waals surface area contributed by atoms with Crippen molar-refractivity contribution in [1.82, 2.24) is 15.2 Å². The van der Waals surface area contributed by atoms with E-state index in [1.807, 2.05) is 17.6 Å². The van der Waals surface area contributed by atoms with Crippen LogP contribution in [0.25, 0.3) is 0 Å². The Bertz CT molecular complexity index is 639. The van der Waals surface area contributed by atoms with Gasteiger partial charge < -0.3 is 24.7 Å². The number of unbranched alkanes of at least 4 members (excludes halogenated alkanes) is 1. The minimum atomic E-state index is 0.0736. The SMILES string of the molecule is CN=C(NCCCCn1c(C)cccc1=O)NCCCOCC1CCOCC1. The Kier molecular flexibility index (Phi) is 10.7. The first-order valence-corrected chi connectivity index (χ1v) is 10.5. The average Bonchev–Trinajstić information content (AvgIpc) is 2.71. The number of guanidine groups is 1. The molecule has 1 aromatic heterocycles. The second-order valence-corrected chi connectivity index (χ2v) is 7.27. The van der Waals surface area contributed by atoms with E-state index in [9.17, 15) is 4.79 Å². The van der Waals surface area contributed by atoms with E-state index < -0.39 is 0 Å². The molecule has 1 aliphatic heterocycles. The zero-order valence-electron chi connectivity index (χ0n) is 17.4. The van der Waals surface area contributed by atoms with E-state index in [4.69, 9.17) is 9.47 Å². The fourth-order valence-electron chi connectivity index (χ4n) is 3.28. The second-order valence-electron chi connectivity index (χ2n) is 7.27. The number of hydrogen-bond acceptors (Lipinski definition) is 4. The number of nitrogens with zero attached hydrogens (tertiary/aromatic N) is 2. The van der Waals surface area contributed by atoms with E-state index in [1.165, 1.54) is 0 Å². The van der Waals surface area contributed by atoms with Crippen molar-refractivity contribution in [2.45, 2.75) is 45.6 Å². The van der Waals surface area contributed by atoms with Crippen LogP contribution in [-0.2, 0) is 16.0 Å². The molecular formula is C21H36N4O3. The van der Waals surface area contributed by atoms with Gasteiger partial charge in [0.1, 0.15) is 0 Å². The van der Waals surface area contributed by atoms with Crippen LogP contribution >= 0.6 is 0 Å². The summed E-state index contributed by atoms with van der Waals surface area (Å²) < 4.78 is 13.0. The van der Waals surface area contributed by atoms with Gasteiger partial charge in [0.2, 0.25) is 0 Å². The molecule has 0 aromatic carbocycles. The number of nitrogens with one attached hydrogen (secondary N) is 2. The van der Waals surface area contributed by atoms with E-state index in [1.54, 1.807) is 19.2 Å². The maximum atomic E-state index is 11.8. The predicted molar refractivity (Wildman–Crippen MR) is 113 cm³/mol. The van der Waals surface area contributed by atoms with Crippen molar-refractivity contribution in [2.75, 3.05) is 46.6 Å². The van der Waals surface area contributed by atoms with Crippen molar-refractivity contribution in [3.05, 3.63) is 34.2 Å². The topological polar surface area (TPSA) is 76.9 Å². The first kappa shape index (κ1) is 22.4. The molecule has 2 heterocycles. The van der Waals surface area contributed by atoms with E-state index in [0.29, 0.717) is 5.92 Å². The lowest BCUT2D eigenvalue weighted by Crippen LogP contribution is -2.38. The summed E-state index contributed by atoms with van der Waals surface area (Å²) in [4.78, 5) is 16.1. The van der Waals surface area contributed by atoms with Gasteiger partial charge in [-0.1, -0.05) is 6.07 Å². The summed E-state index contributed by atoms with van der Waals surface area (Å²) in [5.41, 5.74) is 1.08. The van der Waals surface area contributed by atoms with Crippen LogP contribution in [0.4, 0.5) is 0 Å². The molecule has 0 aliphatic carbocycles. The summed E-state index contributed by atoms with van der Waals surface area (Å²) in [7, 11) is 1.78. The zero-order valence-corrected chi connectivity index (χ0v) is 17.4. The third-order valence-corrected chi connectivity index (χ3v) is 5.04. The summed E-state index contributed by atoms with van der Waals surface area (Å²) in [6, 6.07) is 5.39. The van der Waals surface area contributed by atoms with Crippen molar-refractivity contribution in [1.29, 1.82) is 0 Å². The highest BCUT2D eigenvalue weighted by Gasteiger charge is 2.13. The number of pyridine rings is 1. The molecule has 1 aliphatic rings. The Labute approximate surface area is 168 Å².